The van der Waals surface area contributed by atoms with Crippen molar-refractivity contribution in [1.82, 2.24) is 15.1 Å². The first-order valence-corrected chi connectivity index (χ1v) is 11.4. The van der Waals surface area contributed by atoms with E-state index in [1.807, 2.05) is 36.1 Å². The summed E-state index contributed by atoms with van der Waals surface area (Å²) in [6.07, 6.45) is 0.994. The van der Waals surface area contributed by atoms with Crippen LogP contribution >= 0.6 is 11.6 Å². The zero-order valence-electron chi connectivity index (χ0n) is 18.6. The molecule has 1 aliphatic heterocycles. The molecule has 2 N–H and O–H groups in total. The molecule has 0 bridgehead atoms. The second-order valence-corrected chi connectivity index (χ2v) is 8.25. The van der Waals surface area contributed by atoms with Crippen molar-refractivity contribution in [3.8, 4) is 0 Å². The van der Waals surface area contributed by atoms with Gasteiger partial charge >= 0.3 is 0 Å². The Bertz CT molecular complexity index is 1010. The highest BCUT2D eigenvalue weighted by Crippen LogP contribution is 2.17. The summed E-state index contributed by atoms with van der Waals surface area (Å²) in [4.78, 5) is 40.8. The lowest BCUT2D eigenvalue weighted by Gasteiger charge is -2.34. The lowest BCUT2D eigenvalue weighted by Crippen LogP contribution is -2.50. The number of amides is 3. The van der Waals surface area contributed by atoms with Crippen LogP contribution in [0, 0.1) is 5.82 Å². The molecule has 176 valence electrons. The molecule has 0 atom stereocenters. The maximum atomic E-state index is 13.1. The van der Waals surface area contributed by atoms with E-state index in [4.69, 9.17) is 11.6 Å². The van der Waals surface area contributed by atoms with Crippen molar-refractivity contribution in [3.05, 3.63) is 64.4 Å². The number of carbonyl (C=O) groups is 3. The Morgan fingerprint density at radius 2 is 1.79 bits per heavy atom. The quantitative estimate of drug-likeness (QED) is 0.616. The van der Waals surface area contributed by atoms with E-state index in [1.54, 1.807) is 4.90 Å². The number of aryl methyl sites for hydroxylation is 1. The summed E-state index contributed by atoms with van der Waals surface area (Å²) >= 11 is 5.89. The molecule has 2 aromatic rings. The molecule has 0 spiro atoms. The van der Waals surface area contributed by atoms with Crippen LogP contribution in [-0.4, -0.2) is 66.8 Å². The normalized spacial score (nSPS) is 14.1. The molecule has 1 heterocycles. The highest BCUT2D eigenvalue weighted by molar-refractivity contribution is 6.33. The molecule has 0 radical (unpaired) electrons. The Morgan fingerprint density at radius 1 is 1.06 bits per heavy atom. The number of carbonyl (C=O) groups excluding carboxylic acids is 3. The Morgan fingerprint density at radius 3 is 2.48 bits per heavy atom. The van der Waals surface area contributed by atoms with E-state index in [9.17, 15) is 18.8 Å². The number of rotatable bonds is 8. The van der Waals surface area contributed by atoms with Crippen LogP contribution in [0.5, 0.6) is 0 Å². The number of piperazine rings is 1. The third-order valence-corrected chi connectivity index (χ3v) is 5.88. The number of para-hydroxylation sites is 1. The molecule has 2 aromatic carbocycles. The number of hydrogen-bond acceptors (Lipinski definition) is 4. The molecule has 1 fully saturated rings. The van der Waals surface area contributed by atoms with Gasteiger partial charge in [0.2, 0.25) is 11.8 Å². The van der Waals surface area contributed by atoms with Crippen molar-refractivity contribution in [2.45, 2.75) is 19.8 Å². The fraction of sp³-hybridized carbons (Fsp3) is 0.375. The van der Waals surface area contributed by atoms with Gasteiger partial charge < -0.3 is 15.5 Å². The van der Waals surface area contributed by atoms with Crippen LogP contribution in [-0.2, 0) is 16.0 Å². The van der Waals surface area contributed by atoms with Gasteiger partial charge in [-0.05, 0) is 36.2 Å². The molecular weight excluding hydrogens is 447 g/mol. The maximum Gasteiger partial charge on any atom is 0.252 e. The first kappa shape index (κ1) is 24.7. The second kappa shape index (κ2) is 11.8. The van der Waals surface area contributed by atoms with E-state index in [0.29, 0.717) is 26.2 Å². The molecule has 0 saturated carbocycles. The molecule has 3 amide bonds. The number of nitrogens with one attached hydrogen (secondary N) is 2. The highest BCUT2D eigenvalue weighted by atomic mass is 35.5. The van der Waals surface area contributed by atoms with Crippen molar-refractivity contribution in [2.24, 2.45) is 0 Å². The summed E-state index contributed by atoms with van der Waals surface area (Å²) < 4.78 is 13.1. The highest BCUT2D eigenvalue weighted by Gasteiger charge is 2.22. The molecule has 0 aromatic heterocycles. The summed E-state index contributed by atoms with van der Waals surface area (Å²) in [7, 11) is 0. The Labute approximate surface area is 197 Å². The standard InChI is InChI=1S/C24H28ClFN4O3/c1-2-17-5-3-4-6-21(17)28-22(31)16-29-11-13-30(14-12-29)23(32)9-10-27-24(33)19-8-7-18(26)15-20(19)25/h3-8,15H,2,9-14,16H2,1H3,(H,27,33)(H,28,31). The molecule has 1 saturated heterocycles. The van der Waals surface area contributed by atoms with E-state index >= 15 is 0 Å². The van der Waals surface area contributed by atoms with Gasteiger partial charge in [-0.25, -0.2) is 4.39 Å². The fourth-order valence-corrected chi connectivity index (χ4v) is 3.96. The minimum atomic E-state index is -0.519. The van der Waals surface area contributed by atoms with Crippen molar-refractivity contribution >= 4 is 35.0 Å². The SMILES string of the molecule is CCc1ccccc1NC(=O)CN1CCN(C(=O)CCNC(=O)c2ccc(F)cc2Cl)CC1. The number of benzene rings is 2. The van der Waals surface area contributed by atoms with Crippen molar-refractivity contribution in [2.75, 3.05) is 44.6 Å². The van der Waals surface area contributed by atoms with Gasteiger partial charge in [0, 0.05) is 44.8 Å². The summed E-state index contributed by atoms with van der Waals surface area (Å²) in [6.45, 7) is 4.73. The first-order valence-electron chi connectivity index (χ1n) is 11.0. The summed E-state index contributed by atoms with van der Waals surface area (Å²) in [6, 6.07) is 11.3. The van der Waals surface area contributed by atoms with Gasteiger partial charge in [0.05, 0.1) is 17.1 Å². The Balaban J connectivity index is 1.38. The number of anilines is 1. The monoisotopic (exact) mass is 474 g/mol. The zero-order chi connectivity index (χ0) is 23.8. The predicted octanol–water partition coefficient (Wildman–Crippen LogP) is 2.94. The van der Waals surface area contributed by atoms with E-state index in [1.165, 1.54) is 6.07 Å². The molecule has 3 rings (SSSR count). The summed E-state index contributed by atoms with van der Waals surface area (Å²) in [5.41, 5.74) is 2.09. The van der Waals surface area contributed by atoms with E-state index in [2.05, 4.69) is 10.6 Å². The van der Waals surface area contributed by atoms with Gasteiger partial charge in [-0.3, -0.25) is 19.3 Å². The number of hydrogen-bond donors (Lipinski definition) is 2. The lowest BCUT2D eigenvalue weighted by atomic mass is 10.1. The zero-order valence-corrected chi connectivity index (χ0v) is 19.3. The van der Waals surface area contributed by atoms with Crippen LogP contribution in [0.1, 0.15) is 29.3 Å². The van der Waals surface area contributed by atoms with Crippen LogP contribution in [0.4, 0.5) is 10.1 Å². The largest absolute Gasteiger partial charge is 0.351 e. The molecule has 33 heavy (non-hydrogen) atoms. The molecule has 0 aliphatic carbocycles. The van der Waals surface area contributed by atoms with E-state index in [-0.39, 0.29) is 41.9 Å². The van der Waals surface area contributed by atoms with Crippen molar-refractivity contribution < 1.29 is 18.8 Å². The second-order valence-electron chi connectivity index (χ2n) is 7.85. The lowest BCUT2D eigenvalue weighted by molar-refractivity contribution is -0.132. The van der Waals surface area contributed by atoms with E-state index in [0.717, 1.165) is 29.8 Å². The van der Waals surface area contributed by atoms with Crippen molar-refractivity contribution in [3.63, 3.8) is 0 Å². The van der Waals surface area contributed by atoms with Crippen LogP contribution < -0.4 is 10.6 Å². The van der Waals surface area contributed by atoms with Gasteiger partial charge in [0.1, 0.15) is 5.82 Å². The smallest absolute Gasteiger partial charge is 0.252 e. The number of nitrogens with zero attached hydrogens (tertiary/aromatic N) is 2. The van der Waals surface area contributed by atoms with Gasteiger partial charge in [0.15, 0.2) is 0 Å². The first-order chi connectivity index (χ1) is 15.9. The molecule has 9 heteroatoms. The maximum absolute atomic E-state index is 13.1. The Hall–Kier alpha value is -2.97. The predicted molar refractivity (Wildman–Crippen MR) is 126 cm³/mol. The average Bonchev–Trinajstić information content (AvgIpc) is 2.79. The van der Waals surface area contributed by atoms with Crippen LogP contribution in [0.15, 0.2) is 42.5 Å². The molecule has 1 aliphatic rings. The van der Waals surface area contributed by atoms with Crippen molar-refractivity contribution in [1.29, 1.82) is 0 Å². The van der Waals surface area contributed by atoms with Gasteiger partial charge in [0.25, 0.3) is 5.91 Å². The minimum Gasteiger partial charge on any atom is -0.351 e. The van der Waals surface area contributed by atoms with Crippen LogP contribution in [0.2, 0.25) is 5.02 Å². The summed E-state index contributed by atoms with van der Waals surface area (Å²) in [5.74, 6) is -1.11. The third kappa shape index (κ3) is 7.00. The summed E-state index contributed by atoms with van der Waals surface area (Å²) in [5, 5.41) is 5.64. The fourth-order valence-electron chi connectivity index (χ4n) is 3.71. The van der Waals surface area contributed by atoms with Crippen LogP contribution in [0.25, 0.3) is 0 Å². The topological polar surface area (TPSA) is 81.8 Å². The minimum absolute atomic E-state index is 0.0252. The Kier molecular flexibility index (Phi) is 8.79. The molecular formula is C24H28ClFN4O3. The van der Waals surface area contributed by atoms with Gasteiger partial charge in [-0.15, -0.1) is 0 Å². The molecule has 0 unspecified atom stereocenters. The third-order valence-electron chi connectivity index (χ3n) is 5.56. The van der Waals surface area contributed by atoms with Crippen LogP contribution in [0.3, 0.4) is 0 Å². The number of halogens is 2. The van der Waals surface area contributed by atoms with E-state index < -0.39 is 11.7 Å². The average molecular weight is 475 g/mol. The van der Waals surface area contributed by atoms with Gasteiger partial charge in [-0.1, -0.05) is 36.7 Å². The molecule has 7 nitrogen and oxygen atoms in total. The van der Waals surface area contributed by atoms with Gasteiger partial charge in [-0.2, -0.15) is 0 Å².